The summed E-state index contributed by atoms with van der Waals surface area (Å²) in [7, 11) is 5.26. The number of hydrogen-bond donors (Lipinski definition) is 2. The lowest BCUT2D eigenvalue weighted by atomic mass is 9.95. The van der Waals surface area contributed by atoms with E-state index in [2.05, 4.69) is 16.8 Å². The third-order valence-electron chi connectivity index (χ3n) is 9.50. The molecule has 260 valence electrons. The van der Waals surface area contributed by atoms with Gasteiger partial charge < -0.3 is 19.5 Å². The maximum Gasteiger partial charge on any atom is 0.354 e. The molecule has 4 heterocycles. The molecular weight excluding hydrogens is 690 g/mol. The minimum Gasteiger partial charge on any atom is -0.507 e. The molecule has 1 aliphatic heterocycles. The fraction of sp³-hybridized carbons (Fsp3) is 0.342. The number of thioether (sulfide) groups is 2. The first-order chi connectivity index (χ1) is 24.3. The number of aromatic hydroxyl groups is 1. The van der Waals surface area contributed by atoms with Crippen LogP contribution in [-0.4, -0.2) is 54.0 Å². The van der Waals surface area contributed by atoms with Crippen molar-refractivity contribution >= 4 is 62.8 Å². The van der Waals surface area contributed by atoms with Crippen LogP contribution < -0.4 is 0 Å². The zero-order chi connectivity index (χ0) is 34.9. The van der Waals surface area contributed by atoms with Crippen LogP contribution in [0.4, 0.5) is 0 Å². The highest BCUT2D eigenvalue weighted by Crippen LogP contribution is 2.44. The Kier molecular flexibility index (Phi) is 10.2. The third-order valence-corrected chi connectivity index (χ3v) is 11.8. The average molecular weight is 730 g/mol. The van der Waals surface area contributed by atoms with Crippen LogP contribution in [0.1, 0.15) is 58.1 Å². The molecule has 6 aromatic rings. The Bertz CT molecular complexity index is 2220. The Balaban J connectivity index is 1.16. The summed E-state index contributed by atoms with van der Waals surface area (Å²) in [5, 5.41) is 33.5. The zero-order valence-corrected chi connectivity index (χ0v) is 30.8. The minimum absolute atomic E-state index is 0.0291. The van der Waals surface area contributed by atoms with Gasteiger partial charge >= 0.3 is 5.97 Å². The molecule has 2 N–H and O–H groups in total. The first-order valence-electron chi connectivity index (χ1n) is 16.8. The minimum atomic E-state index is -0.407. The molecule has 50 heavy (non-hydrogen) atoms. The van der Waals surface area contributed by atoms with Gasteiger partial charge in [-0.1, -0.05) is 41.9 Å². The lowest BCUT2D eigenvalue weighted by molar-refractivity contribution is 0.0589. The fourth-order valence-corrected chi connectivity index (χ4v) is 9.26. The number of aliphatic hydroxyl groups excluding tert-OH is 1. The number of phenolic OH excluding ortho intramolecular Hbond substituents is 1. The number of aryl methyl sites for hydroxylation is 4. The van der Waals surface area contributed by atoms with Crippen LogP contribution in [0.2, 0.25) is 5.02 Å². The van der Waals surface area contributed by atoms with Crippen molar-refractivity contribution in [1.29, 1.82) is 0 Å². The van der Waals surface area contributed by atoms with Crippen molar-refractivity contribution in [3.8, 4) is 16.9 Å². The van der Waals surface area contributed by atoms with Gasteiger partial charge in [0.25, 0.3) is 0 Å². The number of methoxy groups -OCH3 is 1. The smallest absolute Gasteiger partial charge is 0.354 e. The lowest BCUT2D eigenvalue weighted by Gasteiger charge is -2.16. The van der Waals surface area contributed by atoms with Crippen LogP contribution in [-0.2, 0) is 55.5 Å². The van der Waals surface area contributed by atoms with Gasteiger partial charge in [-0.25, -0.2) is 4.79 Å². The highest BCUT2D eigenvalue weighted by atomic mass is 35.5. The van der Waals surface area contributed by atoms with Gasteiger partial charge in [0.05, 0.1) is 29.0 Å². The summed E-state index contributed by atoms with van der Waals surface area (Å²) < 4.78 is 11.2. The summed E-state index contributed by atoms with van der Waals surface area (Å²) in [5.41, 5.74) is 8.43. The number of hydrogen-bond acceptors (Lipinski definition) is 8. The van der Waals surface area contributed by atoms with Crippen LogP contribution in [0.15, 0.2) is 59.5 Å². The van der Waals surface area contributed by atoms with E-state index in [0.717, 1.165) is 97.7 Å². The summed E-state index contributed by atoms with van der Waals surface area (Å²) in [6.45, 7) is 0.889. The van der Waals surface area contributed by atoms with Crippen molar-refractivity contribution < 1.29 is 19.7 Å². The summed E-state index contributed by atoms with van der Waals surface area (Å²) in [4.78, 5) is 14.1. The second kappa shape index (κ2) is 14.8. The van der Waals surface area contributed by atoms with Gasteiger partial charge in [-0.05, 0) is 67.3 Å². The molecule has 0 atom stereocenters. The first kappa shape index (κ1) is 34.5. The molecule has 0 amide bonds. The van der Waals surface area contributed by atoms with Gasteiger partial charge in [-0.3, -0.25) is 9.36 Å². The Hall–Kier alpha value is -3.90. The van der Waals surface area contributed by atoms with Gasteiger partial charge in [0.1, 0.15) is 11.4 Å². The maximum atomic E-state index is 13.1. The molecule has 0 fully saturated rings. The monoisotopic (exact) mass is 729 g/mol. The number of carbonyl (C=O) groups is 1. The summed E-state index contributed by atoms with van der Waals surface area (Å²) in [5.74, 6) is 2.01. The number of aliphatic hydroxyl groups is 1. The molecule has 1 aliphatic rings. The average Bonchev–Trinajstić information content (AvgIpc) is 3.76. The van der Waals surface area contributed by atoms with E-state index < -0.39 is 5.97 Å². The van der Waals surface area contributed by atoms with Crippen molar-refractivity contribution in [2.24, 2.45) is 14.1 Å². The van der Waals surface area contributed by atoms with E-state index in [-0.39, 0.29) is 6.61 Å². The quantitative estimate of drug-likeness (QED) is 0.0963. The number of nitrogens with zero attached hydrogens (tertiary/aromatic N) is 5. The van der Waals surface area contributed by atoms with Crippen LogP contribution >= 0.6 is 35.1 Å². The SMILES string of the molecule is COC(=O)c1c(CCCO)c2ccc(Cl)c(-c3c(CSCc4cc(CSc5cc(O)c6ccccc6c5)n(C)n4)nn4c3CCCC4)c2n1C. The number of fused-ring (bicyclic) bond motifs is 3. The number of benzene rings is 3. The number of halogens is 1. The normalized spacial score (nSPS) is 13.0. The molecule has 0 aliphatic carbocycles. The van der Waals surface area contributed by atoms with Crippen molar-refractivity contribution in [3.63, 3.8) is 0 Å². The lowest BCUT2D eigenvalue weighted by Crippen LogP contribution is -2.12. The predicted molar refractivity (Wildman–Crippen MR) is 202 cm³/mol. The van der Waals surface area contributed by atoms with Gasteiger partial charge in [-0.2, -0.15) is 10.2 Å². The maximum absolute atomic E-state index is 13.1. The molecule has 7 rings (SSSR count). The van der Waals surface area contributed by atoms with Crippen molar-refractivity contribution in [2.45, 2.75) is 60.8 Å². The molecule has 0 bridgehead atoms. The zero-order valence-electron chi connectivity index (χ0n) is 28.4. The molecule has 0 saturated carbocycles. The van der Waals surface area contributed by atoms with Crippen LogP contribution in [0.3, 0.4) is 0 Å². The Morgan fingerprint density at radius 2 is 1.84 bits per heavy atom. The van der Waals surface area contributed by atoms with E-state index >= 15 is 0 Å². The summed E-state index contributed by atoms with van der Waals surface area (Å²) >= 11 is 10.5. The highest BCUT2D eigenvalue weighted by molar-refractivity contribution is 7.98. The van der Waals surface area contributed by atoms with Crippen molar-refractivity contribution in [1.82, 2.24) is 24.1 Å². The number of carbonyl (C=O) groups excluding carboxylic acids is 1. The van der Waals surface area contributed by atoms with E-state index in [1.807, 2.05) is 65.8 Å². The van der Waals surface area contributed by atoms with E-state index in [1.54, 1.807) is 23.5 Å². The molecule has 9 nitrogen and oxygen atoms in total. The number of rotatable bonds is 12. The Labute approximate surface area is 304 Å². The third kappa shape index (κ3) is 6.52. The van der Waals surface area contributed by atoms with E-state index in [4.69, 9.17) is 26.5 Å². The van der Waals surface area contributed by atoms with E-state index in [0.29, 0.717) is 35.1 Å². The molecule has 0 spiro atoms. The van der Waals surface area contributed by atoms with Crippen LogP contribution in [0.5, 0.6) is 5.75 Å². The van der Waals surface area contributed by atoms with Gasteiger partial charge in [0.15, 0.2) is 0 Å². The van der Waals surface area contributed by atoms with Gasteiger partial charge in [-0.15, -0.1) is 23.5 Å². The standard InChI is InChI=1S/C38H40ClN5O4S2/c1-42-36-29(28(11-8-16-45)37(42)38(47)48-3)13-14-30(39)34(36)35-31(41-44-15-7-6-12-32(35)44)22-49-20-24-18-25(43(2)40-24)21-50-26-17-23-9-4-5-10-27(23)33(46)19-26/h4-5,9-10,13-14,17-19,45-46H,6-8,11-12,15-16,20-22H2,1-3H3. The van der Waals surface area contributed by atoms with Gasteiger partial charge in [0.2, 0.25) is 0 Å². The number of esters is 1. The molecule has 0 unspecified atom stereocenters. The van der Waals surface area contributed by atoms with E-state index in [9.17, 15) is 15.0 Å². The molecule has 12 heteroatoms. The summed E-state index contributed by atoms with van der Waals surface area (Å²) in [6.07, 6.45) is 4.14. The fourth-order valence-electron chi connectivity index (χ4n) is 7.17. The Morgan fingerprint density at radius 3 is 2.66 bits per heavy atom. The molecule has 0 saturated heterocycles. The highest BCUT2D eigenvalue weighted by Gasteiger charge is 2.29. The second-order valence-corrected chi connectivity index (χ2v) is 15.1. The Morgan fingerprint density at radius 1 is 1.00 bits per heavy atom. The van der Waals surface area contributed by atoms with Crippen LogP contribution in [0, 0.1) is 0 Å². The topological polar surface area (TPSA) is 107 Å². The number of phenols is 1. The van der Waals surface area contributed by atoms with E-state index in [1.165, 1.54) is 12.8 Å². The van der Waals surface area contributed by atoms with Crippen LogP contribution in [0.25, 0.3) is 32.8 Å². The molecular formula is C38H40ClN5O4S2. The molecule has 3 aromatic heterocycles. The predicted octanol–water partition coefficient (Wildman–Crippen LogP) is 8.06. The number of aromatic nitrogens is 5. The first-order valence-corrected chi connectivity index (χ1v) is 19.3. The van der Waals surface area contributed by atoms with Gasteiger partial charge in [0, 0.05) is 82.7 Å². The largest absolute Gasteiger partial charge is 0.507 e. The van der Waals surface area contributed by atoms with Crippen molar-refractivity contribution in [3.05, 3.63) is 93.7 Å². The second-order valence-electron chi connectivity index (χ2n) is 12.7. The molecule has 0 radical (unpaired) electrons. The molecule has 3 aromatic carbocycles. The van der Waals surface area contributed by atoms with Crippen molar-refractivity contribution in [2.75, 3.05) is 13.7 Å². The summed E-state index contributed by atoms with van der Waals surface area (Å²) in [6, 6.07) is 17.9. The number of ether oxygens (including phenoxy) is 1.